The largest absolute Gasteiger partial charge is 0.389 e. The number of thiocarbonyl (C=S) groups is 1. The minimum Gasteiger partial charge on any atom is -0.389 e. The molecule has 0 amide bonds. The Morgan fingerprint density at radius 2 is 1.90 bits per heavy atom. The lowest BCUT2D eigenvalue weighted by Crippen LogP contribution is -2.23. The minimum absolute atomic E-state index is 0.179. The van der Waals surface area contributed by atoms with Gasteiger partial charge in [0.05, 0.1) is 10.2 Å². The summed E-state index contributed by atoms with van der Waals surface area (Å²) in [6.07, 6.45) is 0. The van der Waals surface area contributed by atoms with E-state index in [1.54, 1.807) is 12.1 Å². The summed E-state index contributed by atoms with van der Waals surface area (Å²) in [6, 6.07) is 13.4. The number of nitrogens with zero attached hydrogens (tertiary/aromatic N) is 1. The summed E-state index contributed by atoms with van der Waals surface area (Å²) in [4.78, 5) is 2.15. The van der Waals surface area contributed by atoms with Crippen LogP contribution in [0.2, 0.25) is 0 Å². The molecule has 0 heterocycles. The summed E-state index contributed by atoms with van der Waals surface area (Å²) in [5.41, 5.74) is 7.77. The number of rotatable bonds is 5. The van der Waals surface area contributed by atoms with E-state index in [-0.39, 0.29) is 10.8 Å². The Kier molecular flexibility index (Phi) is 5.31. The van der Waals surface area contributed by atoms with Crippen LogP contribution in [-0.4, -0.2) is 11.5 Å². The second-order valence-electron chi connectivity index (χ2n) is 4.62. The van der Waals surface area contributed by atoms with Gasteiger partial charge >= 0.3 is 0 Å². The van der Waals surface area contributed by atoms with E-state index in [9.17, 15) is 4.39 Å². The van der Waals surface area contributed by atoms with Crippen molar-refractivity contribution in [2.24, 2.45) is 5.73 Å². The molecule has 110 valence electrons. The Balaban J connectivity index is 2.35. The van der Waals surface area contributed by atoms with Gasteiger partial charge in [0.2, 0.25) is 0 Å². The fraction of sp³-hybridized carbons (Fsp3) is 0.188. The highest BCUT2D eigenvalue weighted by atomic mass is 79.9. The van der Waals surface area contributed by atoms with Crippen LogP contribution in [0.3, 0.4) is 0 Å². The first-order valence-corrected chi connectivity index (χ1v) is 7.81. The molecule has 2 N–H and O–H groups in total. The van der Waals surface area contributed by atoms with E-state index >= 15 is 0 Å². The molecule has 0 aliphatic rings. The maximum absolute atomic E-state index is 14.6. The number of hydrogen-bond donors (Lipinski definition) is 1. The average molecular weight is 367 g/mol. The van der Waals surface area contributed by atoms with E-state index in [0.29, 0.717) is 28.8 Å². The molecule has 21 heavy (non-hydrogen) atoms. The van der Waals surface area contributed by atoms with Crippen molar-refractivity contribution in [1.82, 2.24) is 0 Å². The van der Waals surface area contributed by atoms with Gasteiger partial charge in [-0.2, -0.15) is 0 Å². The zero-order chi connectivity index (χ0) is 15.4. The molecule has 0 bridgehead atoms. The number of nitrogens with two attached hydrogens (primary N) is 1. The third kappa shape index (κ3) is 3.60. The predicted molar refractivity (Wildman–Crippen MR) is 93.2 cm³/mol. The normalized spacial score (nSPS) is 10.4. The maximum atomic E-state index is 14.6. The SMILES string of the molecule is CCN(Cc1ccccc1)c1ccc(C(N)=S)c(Br)c1F. The molecular formula is C16H16BrFN2S. The molecule has 0 saturated carbocycles. The van der Waals surface area contributed by atoms with Crippen molar-refractivity contribution in [3.05, 3.63) is 63.9 Å². The highest BCUT2D eigenvalue weighted by Crippen LogP contribution is 2.30. The van der Waals surface area contributed by atoms with Crippen molar-refractivity contribution in [1.29, 1.82) is 0 Å². The summed E-state index contributed by atoms with van der Waals surface area (Å²) in [6.45, 7) is 3.34. The number of halogens is 2. The third-order valence-electron chi connectivity index (χ3n) is 3.27. The first kappa shape index (κ1) is 15.9. The van der Waals surface area contributed by atoms with E-state index in [1.165, 1.54) is 0 Å². The second kappa shape index (κ2) is 7.00. The van der Waals surface area contributed by atoms with Gasteiger partial charge in [0.25, 0.3) is 0 Å². The van der Waals surface area contributed by atoms with E-state index in [1.807, 2.05) is 42.2 Å². The Hall–Kier alpha value is -1.46. The van der Waals surface area contributed by atoms with Crippen LogP contribution in [0.4, 0.5) is 10.1 Å². The van der Waals surface area contributed by atoms with E-state index < -0.39 is 0 Å². The van der Waals surface area contributed by atoms with Crippen molar-refractivity contribution in [2.45, 2.75) is 13.5 Å². The van der Waals surface area contributed by atoms with Crippen molar-refractivity contribution >= 4 is 38.8 Å². The second-order valence-corrected chi connectivity index (χ2v) is 5.86. The van der Waals surface area contributed by atoms with Crippen LogP contribution >= 0.6 is 28.1 Å². The molecule has 2 nitrogen and oxygen atoms in total. The smallest absolute Gasteiger partial charge is 0.161 e. The molecule has 2 rings (SSSR count). The molecule has 0 saturated heterocycles. The molecule has 0 atom stereocenters. The van der Waals surface area contributed by atoms with Crippen molar-refractivity contribution in [2.75, 3.05) is 11.4 Å². The molecule has 0 aliphatic heterocycles. The van der Waals surface area contributed by atoms with Gasteiger partial charge in [-0.1, -0.05) is 42.5 Å². The molecule has 2 aromatic rings. The van der Waals surface area contributed by atoms with Gasteiger partial charge in [-0.15, -0.1) is 0 Å². The Labute approximate surface area is 137 Å². The van der Waals surface area contributed by atoms with Gasteiger partial charge in [0.1, 0.15) is 4.99 Å². The molecular weight excluding hydrogens is 351 g/mol. The van der Waals surface area contributed by atoms with Crippen LogP contribution in [0.25, 0.3) is 0 Å². The monoisotopic (exact) mass is 366 g/mol. The van der Waals surface area contributed by atoms with Crippen LogP contribution in [0.15, 0.2) is 46.9 Å². The average Bonchev–Trinajstić information content (AvgIpc) is 2.48. The number of hydrogen-bond acceptors (Lipinski definition) is 2. The first-order valence-electron chi connectivity index (χ1n) is 6.61. The maximum Gasteiger partial charge on any atom is 0.161 e. The van der Waals surface area contributed by atoms with E-state index in [4.69, 9.17) is 18.0 Å². The van der Waals surface area contributed by atoms with E-state index in [2.05, 4.69) is 15.9 Å². The molecule has 2 aromatic carbocycles. The van der Waals surface area contributed by atoms with Gasteiger partial charge < -0.3 is 10.6 Å². The van der Waals surface area contributed by atoms with Crippen LogP contribution in [0.5, 0.6) is 0 Å². The molecule has 0 fully saturated rings. The number of anilines is 1. The molecule has 0 spiro atoms. The highest BCUT2D eigenvalue weighted by molar-refractivity contribution is 9.10. The molecule has 0 unspecified atom stereocenters. The predicted octanol–water partition coefficient (Wildman–Crippen LogP) is 4.25. The van der Waals surface area contributed by atoms with Crippen LogP contribution in [0, 0.1) is 5.82 Å². The summed E-state index contributed by atoms with van der Waals surface area (Å²) >= 11 is 8.16. The fourth-order valence-electron chi connectivity index (χ4n) is 2.14. The summed E-state index contributed by atoms with van der Waals surface area (Å²) in [7, 11) is 0. The van der Waals surface area contributed by atoms with E-state index in [0.717, 1.165) is 5.56 Å². The topological polar surface area (TPSA) is 29.3 Å². The van der Waals surface area contributed by atoms with Crippen LogP contribution in [0.1, 0.15) is 18.1 Å². The molecule has 5 heteroatoms. The zero-order valence-electron chi connectivity index (χ0n) is 11.6. The van der Waals surface area contributed by atoms with Crippen molar-refractivity contribution in [3.63, 3.8) is 0 Å². The van der Waals surface area contributed by atoms with Crippen LogP contribution in [-0.2, 0) is 6.54 Å². The summed E-state index contributed by atoms with van der Waals surface area (Å²) in [5.74, 6) is -0.335. The quantitative estimate of drug-likeness (QED) is 0.802. The van der Waals surface area contributed by atoms with Gasteiger partial charge in [0.15, 0.2) is 5.82 Å². The van der Waals surface area contributed by atoms with Gasteiger partial charge in [-0.25, -0.2) is 4.39 Å². The fourth-order valence-corrected chi connectivity index (χ4v) is 3.00. The summed E-state index contributed by atoms with van der Waals surface area (Å²) < 4.78 is 14.9. The lowest BCUT2D eigenvalue weighted by Gasteiger charge is -2.24. The van der Waals surface area contributed by atoms with Gasteiger partial charge in [-0.3, -0.25) is 0 Å². The zero-order valence-corrected chi connectivity index (χ0v) is 14.0. The van der Waals surface area contributed by atoms with Crippen molar-refractivity contribution in [3.8, 4) is 0 Å². The number of benzene rings is 2. The van der Waals surface area contributed by atoms with Gasteiger partial charge in [-0.05, 0) is 40.5 Å². The Bertz CT molecular complexity index is 646. The summed E-state index contributed by atoms with van der Waals surface area (Å²) in [5, 5.41) is 0. The highest BCUT2D eigenvalue weighted by Gasteiger charge is 2.17. The Morgan fingerprint density at radius 1 is 1.24 bits per heavy atom. The van der Waals surface area contributed by atoms with Crippen molar-refractivity contribution < 1.29 is 4.39 Å². The third-order valence-corrected chi connectivity index (χ3v) is 4.26. The molecule has 0 aromatic heterocycles. The first-order chi connectivity index (χ1) is 10.0. The van der Waals surface area contributed by atoms with Gasteiger partial charge in [0, 0.05) is 18.7 Å². The lowest BCUT2D eigenvalue weighted by molar-refractivity contribution is 0.611. The molecule has 0 aliphatic carbocycles. The Morgan fingerprint density at radius 3 is 2.48 bits per heavy atom. The standard InChI is InChI=1S/C16H16BrFN2S/c1-2-20(10-11-6-4-3-5-7-11)13-9-8-12(16(19)21)14(17)15(13)18/h3-9H,2,10H2,1H3,(H2,19,21). The lowest BCUT2D eigenvalue weighted by atomic mass is 10.1. The van der Waals surface area contributed by atoms with Crippen LogP contribution < -0.4 is 10.6 Å². The minimum atomic E-state index is -0.335. The molecule has 0 radical (unpaired) electrons.